The Kier molecular flexibility index (Phi) is 7.35. The average Bonchev–Trinajstić information content (AvgIpc) is 2.73. The van der Waals surface area contributed by atoms with Gasteiger partial charge in [-0.25, -0.2) is 8.42 Å². The minimum atomic E-state index is -3.48. The van der Waals surface area contributed by atoms with E-state index in [1.54, 1.807) is 6.20 Å². The smallest absolute Gasteiger partial charge is 0.222 e. The molecule has 0 saturated carbocycles. The van der Waals surface area contributed by atoms with E-state index in [4.69, 9.17) is 0 Å². The number of hydrogen-bond donors (Lipinski definition) is 1. The Morgan fingerprint density at radius 1 is 1.07 bits per heavy atom. The fourth-order valence-electron chi connectivity index (χ4n) is 3.66. The summed E-state index contributed by atoms with van der Waals surface area (Å²) < 4.78 is 26.6. The summed E-state index contributed by atoms with van der Waals surface area (Å²) in [4.78, 5) is 19.1. The molecule has 2 heterocycles. The van der Waals surface area contributed by atoms with Gasteiger partial charge in [0.05, 0.1) is 18.0 Å². The van der Waals surface area contributed by atoms with Crippen LogP contribution < -0.4 is 5.32 Å². The second-order valence-electron chi connectivity index (χ2n) is 7.31. The van der Waals surface area contributed by atoms with Crippen LogP contribution in [0.5, 0.6) is 0 Å². The van der Waals surface area contributed by atoms with Crippen LogP contribution in [0.1, 0.15) is 30.1 Å². The zero-order valence-corrected chi connectivity index (χ0v) is 17.5. The number of rotatable bonds is 4. The highest BCUT2D eigenvalue weighted by Crippen LogP contribution is 2.27. The number of benzene rings is 1. The van der Waals surface area contributed by atoms with Gasteiger partial charge < -0.3 is 5.32 Å². The molecule has 2 aromatic rings. The first-order chi connectivity index (χ1) is 13.9. The normalized spacial score (nSPS) is 20.6. The summed E-state index contributed by atoms with van der Waals surface area (Å²) in [7, 11) is -3.48. The highest BCUT2D eigenvalue weighted by molar-refractivity contribution is 7.88. The lowest BCUT2D eigenvalue weighted by atomic mass is 10.0. The summed E-state index contributed by atoms with van der Waals surface area (Å²) in [5.41, 5.74) is 1.79. The molecule has 156 valence electrons. The number of pyridine rings is 1. The number of aromatic nitrogens is 1. The van der Waals surface area contributed by atoms with Crippen LogP contribution in [0.25, 0.3) is 0 Å². The van der Waals surface area contributed by atoms with Crippen LogP contribution in [0.4, 0.5) is 0 Å². The van der Waals surface area contributed by atoms with Gasteiger partial charge in [-0.05, 0) is 30.7 Å². The molecule has 7 nitrogen and oxygen atoms in total. The molecule has 1 fully saturated rings. The molecule has 3 rings (SSSR count). The molecule has 8 heteroatoms. The molecule has 1 aliphatic rings. The zero-order chi connectivity index (χ0) is 20.7. The molecular formula is C21H28N4O3S. The van der Waals surface area contributed by atoms with Gasteiger partial charge in [0.15, 0.2) is 0 Å². The van der Waals surface area contributed by atoms with E-state index in [0.717, 1.165) is 17.8 Å². The average molecular weight is 417 g/mol. The van der Waals surface area contributed by atoms with E-state index in [1.807, 2.05) is 48.5 Å². The van der Waals surface area contributed by atoms with Crippen molar-refractivity contribution in [3.63, 3.8) is 0 Å². The number of carbonyl (C=O) groups excluding carboxylic acids is 1. The van der Waals surface area contributed by atoms with Gasteiger partial charge in [-0.3, -0.25) is 14.7 Å². The van der Waals surface area contributed by atoms with Crippen molar-refractivity contribution < 1.29 is 13.2 Å². The molecule has 1 saturated heterocycles. The van der Waals surface area contributed by atoms with Crippen molar-refractivity contribution in [3.05, 3.63) is 66.0 Å². The Morgan fingerprint density at radius 2 is 1.83 bits per heavy atom. The van der Waals surface area contributed by atoms with E-state index < -0.39 is 16.1 Å². The van der Waals surface area contributed by atoms with Crippen molar-refractivity contribution in [1.29, 1.82) is 0 Å². The molecule has 0 bridgehead atoms. The fourth-order valence-corrected chi connectivity index (χ4v) is 4.78. The summed E-state index contributed by atoms with van der Waals surface area (Å²) in [6.07, 6.45) is 3.76. The SMILES string of the molecule is CS(=O)(=O)N1CCCN(Cc2ccccn2)CCNC(=O)CC1c1ccccc1. The van der Waals surface area contributed by atoms with Gasteiger partial charge in [-0.15, -0.1) is 0 Å². The third-order valence-corrected chi connectivity index (χ3v) is 6.34. The maximum absolute atomic E-state index is 12.6. The number of nitrogens with zero attached hydrogens (tertiary/aromatic N) is 3. The van der Waals surface area contributed by atoms with Crippen LogP contribution in [0.2, 0.25) is 0 Å². The van der Waals surface area contributed by atoms with Crippen molar-refractivity contribution >= 4 is 15.9 Å². The quantitative estimate of drug-likeness (QED) is 0.822. The molecule has 0 spiro atoms. The van der Waals surface area contributed by atoms with Crippen molar-refractivity contribution in [2.75, 3.05) is 32.4 Å². The molecule has 1 atom stereocenters. The summed E-state index contributed by atoms with van der Waals surface area (Å²) in [6, 6.07) is 14.7. The lowest BCUT2D eigenvalue weighted by Gasteiger charge is -2.30. The molecule has 1 aromatic heterocycles. The van der Waals surface area contributed by atoms with E-state index in [-0.39, 0.29) is 12.3 Å². The Bertz CT molecular complexity index is 891. The predicted molar refractivity (Wildman–Crippen MR) is 112 cm³/mol. The molecule has 29 heavy (non-hydrogen) atoms. The lowest BCUT2D eigenvalue weighted by Crippen LogP contribution is -2.38. The van der Waals surface area contributed by atoms with Gasteiger partial charge in [-0.1, -0.05) is 36.4 Å². The van der Waals surface area contributed by atoms with Gasteiger partial charge in [0.1, 0.15) is 0 Å². The number of carbonyl (C=O) groups is 1. The monoisotopic (exact) mass is 416 g/mol. The molecule has 0 aliphatic carbocycles. The highest BCUT2D eigenvalue weighted by atomic mass is 32.2. The number of amides is 1. The van der Waals surface area contributed by atoms with Crippen molar-refractivity contribution in [2.24, 2.45) is 0 Å². The molecule has 1 aliphatic heterocycles. The maximum atomic E-state index is 12.6. The molecule has 1 aromatic carbocycles. The summed E-state index contributed by atoms with van der Waals surface area (Å²) in [6.45, 7) is 2.96. The van der Waals surface area contributed by atoms with E-state index in [9.17, 15) is 13.2 Å². The maximum Gasteiger partial charge on any atom is 0.222 e. The summed E-state index contributed by atoms with van der Waals surface area (Å²) >= 11 is 0. The number of nitrogens with one attached hydrogen (secondary N) is 1. The fraction of sp³-hybridized carbons (Fsp3) is 0.429. The van der Waals surface area contributed by atoms with Crippen LogP contribution in [-0.2, 0) is 21.4 Å². The largest absolute Gasteiger partial charge is 0.355 e. The van der Waals surface area contributed by atoms with Crippen molar-refractivity contribution in [2.45, 2.75) is 25.4 Å². The Balaban J connectivity index is 1.81. The molecular weight excluding hydrogens is 388 g/mol. The summed E-state index contributed by atoms with van der Waals surface area (Å²) in [5.74, 6) is -0.146. The van der Waals surface area contributed by atoms with Crippen LogP contribution >= 0.6 is 0 Å². The Labute approximate surface area is 172 Å². The third-order valence-electron chi connectivity index (χ3n) is 5.05. The van der Waals surface area contributed by atoms with Gasteiger partial charge in [0, 0.05) is 38.8 Å². The van der Waals surface area contributed by atoms with Crippen molar-refractivity contribution in [1.82, 2.24) is 19.5 Å². The number of hydrogen-bond acceptors (Lipinski definition) is 5. The van der Waals surface area contributed by atoms with E-state index in [1.165, 1.54) is 10.6 Å². The minimum Gasteiger partial charge on any atom is -0.355 e. The van der Waals surface area contributed by atoms with Gasteiger partial charge in [-0.2, -0.15) is 4.31 Å². The van der Waals surface area contributed by atoms with Gasteiger partial charge in [0.2, 0.25) is 15.9 Å². The Hall–Kier alpha value is -2.29. The van der Waals surface area contributed by atoms with Crippen LogP contribution in [0, 0.1) is 0 Å². The summed E-state index contributed by atoms with van der Waals surface area (Å²) in [5, 5.41) is 2.95. The molecule has 1 amide bonds. The zero-order valence-electron chi connectivity index (χ0n) is 16.7. The second-order valence-corrected chi connectivity index (χ2v) is 9.24. The standard InChI is InChI=1S/C21H28N4O3S/c1-29(27,28)25-14-7-13-24(17-19-10-5-6-11-22-19)15-12-23-21(26)16-20(25)18-8-3-2-4-9-18/h2-6,8-11,20H,7,12-17H2,1H3,(H,23,26). The van der Waals surface area contributed by atoms with Crippen molar-refractivity contribution in [3.8, 4) is 0 Å². The van der Waals surface area contributed by atoms with Crippen LogP contribution in [0.15, 0.2) is 54.7 Å². The highest BCUT2D eigenvalue weighted by Gasteiger charge is 2.30. The van der Waals surface area contributed by atoms with Gasteiger partial charge in [0.25, 0.3) is 0 Å². The second kappa shape index (κ2) is 9.96. The predicted octanol–water partition coefficient (Wildman–Crippen LogP) is 1.80. The van der Waals surface area contributed by atoms with E-state index >= 15 is 0 Å². The van der Waals surface area contributed by atoms with Crippen LogP contribution in [-0.4, -0.2) is 60.9 Å². The molecule has 0 radical (unpaired) electrons. The topological polar surface area (TPSA) is 82.6 Å². The third kappa shape index (κ3) is 6.35. The first kappa shape index (κ1) is 21.4. The van der Waals surface area contributed by atoms with Gasteiger partial charge >= 0.3 is 0 Å². The minimum absolute atomic E-state index is 0.108. The molecule has 1 unspecified atom stereocenters. The first-order valence-corrected chi connectivity index (χ1v) is 11.7. The van der Waals surface area contributed by atoms with E-state index in [2.05, 4.69) is 15.2 Å². The van der Waals surface area contributed by atoms with Crippen LogP contribution in [0.3, 0.4) is 0 Å². The Morgan fingerprint density at radius 3 is 2.52 bits per heavy atom. The van der Waals surface area contributed by atoms with E-state index in [0.29, 0.717) is 32.6 Å². The lowest BCUT2D eigenvalue weighted by molar-refractivity contribution is -0.122. The first-order valence-electron chi connectivity index (χ1n) is 9.84. The molecule has 1 N–H and O–H groups in total. The number of sulfonamides is 1.